The highest BCUT2D eigenvalue weighted by molar-refractivity contribution is 6.33. The maximum absolute atomic E-state index is 14.2. The number of alkyl halides is 3. The third-order valence-corrected chi connectivity index (χ3v) is 12.3. The number of hydrogen-bond acceptors (Lipinski definition) is 9. The second-order valence-electron chi connectivity index (χ2n) is 15.7. The number of hydrogen-bond donors (Lipinski definition) is 2. The molecule has 3 fully saturated rings. The molecule has 0 bridgehead atoms. The summed E-state index contributed by atoms with van der Waals surface area (Å²) in [6.07, 6.45) is -2.14. The SMILES string of the molecule is CCCCOC(=O)C(C)N1CCC(N2CCN(C(=O)[C@@H](Cc3cc(Cl)c(N)c(C(F)(F)F)c3)OC(=O)N3CCC(N4CCc5ccccc5NC4=O)CC3)CC2)CC1. The molecule has 0 saturated carbocycles. The van der Waals surface area contributed by atoms with Gasteiger partial charge >= 0.3 is 24.3 Å². The van der Waals surface area contributed by atoms with Crippen molar-refractivity contribution in [3.05, 3.63) is 58.1 Å². The number of nitrogens with two attached hydrogens (primary N) is 1. The zero-order chi connectivity index (χ0) is 41.6. The molecule has 2 aromatic rings. The van der Waals surface area contributed by atoms with Crippen LogP contribution in [0.4, 0.5) is 34.1 Å². The fraction of sp³-hybridized carbons (Fsp3) is 0.610. The lowest BCUT2D eigenvalue weighted by Gasteiger charge is -2.44. The number of esters is 1. The van der Waals surface area contributed by atoms with Crippen LogP contribution in [-0.4, -0.2) is 138 Å². The summed E-state index contributed by atoms with van der Waals surface area (Å²) in [5.74, 6) is -0.710. The number of anilines is 2. The molecule has 6 rings (SSSR count). The topological polar surface area (TPSA) is 141 Å². The number of likely N-dealkylation sites (tertiary alicyclic amines) is 2. The molecule has 0 aromatic heterocycles. The van der Waals surface area contributed by atoms with Crippen molar-refractivity contribution in [3.8, 4) is 0 Å². The average Bonchev–Trinajstić information content (AvgIpc) is 3.39. The van der Waals surface area contributed by atoms with Crippen molar-refractivity contribution in [2.75, 3.05) is 76.6 Å². The Kier molecular flexibility index (Phi) is 14.3. The van der Waals surface area contributed by atoms with E-state index in [0.29, 0.717) is 58.6 Å². The third-order valence-electron chi connectivity index (χ3n) is 12.0. The number of piperazine rings is 1. The van der Waals surface area contributed by atoms with Crippen molar-refractivity contribution in [3.63, 3.8) is 0 Å². The lowest BCUT2D eigenvalue weighted by atomic mass is 10.00. The van der Waals surface area contributed by atoms with Gasteiger partial charge in [0.2, 0.25) is 0 Å². The second-order valence-corrected chi connectivity index (χ2v) is 16.1. The minimum atomic E-state index is -4.79. The highest BCUT2D eigenvalue weighted by atomic mass is 35.5. The lowest BCUT2D eigenvalue weighted by Crippen LogP contribution is -2.57. The second kappa shape index (κ2) is 19.2. The average molecular weight is 834 g/mol. The summed E-state index contributed by atoms with van der Waals surface area (Å²) in [7, 11) is 0. The van der Waals surface area contributed by atoms with Crippen molar-refractivity contribution < 1.29 is 41.8 Å². The minimum Gasteiger partial charge on any atom is -0.465 e. The van der Waals surface area contributed by atoms with E-state index in [4.69, 9.17) is 26.8 Å². The normalized spacial score (nSPS) is 20.2. The maximum atomic E-state index is 14.2. The van der Waals surface area contributed by atoms with E-state index >= 15 is 0 Å². The van der Waals surface area contributed by atoms with Crippen LogP contribution in [0, 0.1) is 0 Å². The number of carbonyl (C=O) groups excluding carboxylic acids is 4. The van der Waals surface area contributed by atoms with Gasteiger partial charge in [-0.05, 0) is 74.8 Å². The molecule has 0 spiro atoms. The van der Waals surface area contributed by atoms with E-state index in [-0.39, 0.29) is 60.2 Å². The van der Waals surface area contributed by atoms with Crippen molar-refractivity contribution in [1.29, 1.82) is 0 Å². The number of para-hydroxylation sites is 1. The number of nitrogen functional groups attached to an aromatic ring is 1. The maximum Gasteiger partial charge on any atom is 0.418 e. The van der Waals surface area contributed by atoms with Gasteiger partial charge < -0.3 is 35.2 Å². The lowest BCUT2D eigenvalue weighted by molar-refractivity contribution is -0.150. The molecular formula is C41H55ClF3N7O6. The summed E-state index contributed by atoms with van der Waals surface area (Å²) >= 11 is 6.15. The third kappa shape index (κ3) is 10.5. The molecule has 17 heteroatoms. The van der Waals surface area contributed by atoms with Crippen LogP contribution in [0.25, 0.3) is 0 Å². The Morgan fingerprint density at radius 3 is 2.28 bits per heavy atom. The fourth-order valence-corrected chi connectivity index (χ4v) is 8.69. The zero-order valence-electron chi connectivity index (χ0n) is 33.3. The van der Waals surface area contributed by atoms with E-state index in [0.717, 1.165) is 56.1 Å². The Morgan fingerprint density at radius 2 is 1.60 bits per heavy atom. The smallest absolute Gasteiger partial charge is 0.418 e. The largest absolute Gasteiger partial charge is 0.465 e. The first-order chi connectivity index (χ1) is 27.7. The molecule has 4 amide bonds. The van der Waals surface area contributed by atoms with Crippen LogP contribution in [0.1, 0.15) is 69.1 Å². The standard InChI is InChI=1S/C41H55ClF3N7O6/c1-3-4-23-57-38(54)27(2)48-14-10-30(11-15-48)49-19-21-50(22-20-49)37(53)35(26-28-24-32(41(43,44)45)36(46)33(42)25-28)58-40(56)51-16-12-31(13-17-51)52-18-9-29-7-5-6-8-34(29)47-39(52)55/h5-8,24-25,27,30-31,35H,3-4,9-23,26,46H2,1-2H3,(H,47,55)/t27?,35-/m1/s1. The highest BCUT2D eigenvalue weighted by Gasteiger charge is 2.39. The first kappa shape index (κ1) is 43.3. The molecule has 3 saturated heterocycles. The van der Waals surface area contributed by atoms with Crippen LogP contribution in [-0.2, 0) is 38.1 Å². The molecule has 2 aromatic carbocycles. The van der Waals surface area contributed by atoms with Gasteiger partial charge in [0.25, 0.3) is 5.91 Å². The van der Waals surface area contributed by atoms with Gasteiger partial charge in [-0.3, -0.25) is 19.4 Å². The van der Waals surface area contributed by atoms with Gasteiger partial charge in [0.15, 0.2) is 6.10 Å². The highest BCUT2D eigenvalue weighted by Crippen LogP contribution is 2.38. The number of fused-ring (bicyclic) bond motifs is 1. The molecule has 318 valence electrons. The number of urea groups is 1. The van der Waals surface area contributed by atoms with E-state index in [1.165, 1.54) is 11.0 Å². The molecule has 0 radical (unpaired) electrons. The molecule has 58 heavy (non-hydrogen) atoms. The Labute approximate surface area is 342 Å². The van der Waals surface area contributed by atoms with Crippen molar-refractivity contribution in [2.45, 2.75) is 95.6 Å². The summed E-state index contributed by atoms with van der Waals surface area (Å²) in [4.78, 5) is 62.9. The van der Waals surface area contributed by atoms with E-state index < -0.39 is 35.5 Å². The van der Waals surface area contributed by atoms with E-state index in [9.17, 15) is 32.3 Å². The number of rotatable bonds is 11. The number of nitrogens with zero attached hydrogens (tertiary/aromatic N) is 5. The molecule has 4 aliphatic rings. The van der Waals surface area contributed by atoms with Crippen LogP contribution in [0.15, 0.2) is 36.4 Å². The van der Waals surface area contributed by atoms with Gasteiger partial charge in [-0.2, -0.15) is 13.2 Å². The quantitative estimate of drug-likeness (QED) is 0.161. The van der Waals surface area contributed by atoms with E-state index in [2.05, 4.69) is 15.1 Å². The Balaban J connectivity index is 1.07. The van der Waals surface area contributed by atoms with E-state index in [1.54, 1.807) is 9.80 Å². The molecular weight excluding hydrogens is 779 g/mol. The number of carbonyl (C=O) groups is 4. The van der Waals surface area contributed by atoms with Gasteiger partial charge in [-0.25, -0.2) is 9.59 Å². The van der Waals surface area contributed by atoms with E-state index in [1.807, 2.05) is 38.1 Å². The molecule has 2 atom stereocenters. The first-order valence-corrected chi connectivity index (χ1v) is 20.8. The van der Waals surface area contributed by atoms with Crippen LogP contribution in [0.5, 0.6) is 0 Å². The number of halogens is 4. The van der Waals surface area contributed by atoms with Crippen LogP contribution < -0.4 is 11.1 Å². The Bertz CT molecular complexity index is 1780. The number of ether oxygens (including phenoxy) is 2. The first-order valence-electron chi connectivity index (χ1n) is 20.4. The Morgan fingerprint density at radius 1 is 0.931 bits per heavy atom. The zero-order valence-corrected chi connectivity index (χ0v) is 34.0. The van der Waals surface area contributed by atoms with Gasteiger partial charge in [-0.1, -0.05) is 43.1 Å². The van der Waals surface area contributed by atoms with Crippen LogP contribution in [0.3, 0.4) is 0 Å². The van der Waals surface area contributed by atoms with Gasteiger partial charge in [0, 0.05) is 83.1 Å². The molecule has 13 nitrogen and oxygen atoms in total. The number of benzene rings is 2. The van der Waals surface area contributed by atoms with Crippen molar-refractivity contribution in [2.24, 2.45) is 0 Å². The predicted octanol–water partition coefficient (Wildman–Crippen LogP) is 5.88. The van der Waals surface area contributed by atoms with Crippen molar-refractivity contribution >= 4 is 47.0 Å². The number of nitrogens with one attached hydrogen (secondary N) is 1. The molecule has 4 heterocycles. The fourth-order valence-electron chi connectivity index (χ4n) is 8.45. The molecule has 3 N–H and O–H groups in total. The minimum absolute atomic E-state index is 0.0541. The summed E-state index contributed by atoms with van der Waals surface area (Å²) in [5.41, 5.74) is 5.83. The Hall–Kier alpha value is -4.28. The number of piperidine rings is 2. The summed E-state index contributed by atoms with van der Waals surface area (Å²) in [6.45, 7) is 8.73. The number of amides is 4. The van der Waals surface area contributed by atoms with Crippen molar-refractivity contribution in [1.82, 2.24) is 24.5 Å². The summed E-state index contributed by atoms with van der Waals surface area (Å²) < 4.78 is 53.0. The summed E-state index contributed by atoms with van der Waals surface area (Å²) in [5, 5.41) is 2.67. The van der Waals surface area contributed by atoms with Gasteiger partial charge in [0.1, 0.15) is 6.04 Å². The van der Waals surface area contributed by atoms with Crippen LogP contribution in [0.2, 0.25) is 5.02 Å². The van der Waals surface area contributed by atoms with Gasteiger partial charge in [0.05, 0.1) is 22.9 Å². The van der Waals surface area contributed by atoms with Crippen LogP contribution >= 0.6 is 11.6 Å². The predicted molar refractivity (Wildman–Crippen MR) is 213 cm³/mol. The summed E-state index contributed by atoms with van der Waals surface area (Å²) in [6, 6.07) is 9.42. The molecule has 1 unspecified atom stereocenters. The number of unbranched alkanes of at least 4 members (excludes halogenated alkanes) is 1. The molecule has 0 aliphatic carbocycles. The monoisotopic (exact) mass is 833 g/mol. The van der Waals surface area contributed by atoms with Gasteiger partial charge in [-0.15, -0.1) is 0 Å². The molecule has 4 aliphatic heterocycles.